The standard InChI is InChI=1S/C15H23N3O5S/c1-4-7-23-8-5-6-16-15(24)17-11-9-14(22-3)12(18(19)20)10-13(11)21-2/h9-10H,4-8H2,1-3H3,(H2,16,17,24). The highest BCUT2D eigenvalue weighted by molar-refractivity contribution is 7.80. The third-order valence-corrected chi connectivity index (χ3v) is 3.29. The number of ether oxygens (including phenoxy) is 3. The Balaban J connectivity index is 2.65. The highest BCUT2D eigenvalue weighted by Gasteiger charge is 2.20. The van der Waals surface area contributed by atoms with Gasteiger partial charge in [-0.1, -0.05) is 6.92 Å². The molecule has 0 aliphatic carbocycles. The number of nitrogens with zero attached hydrogens (tertiary/aromatic N) is 1. The van der Waals surface area contributed by atoms with Crippen LogP contribution in [0.5, 0.6) is 11.5 Å². The summed E-state index contributed by atoms with van der Waals surface area (Å²) in [7, 11) is 2.80. The monoisotopic (exact) mass is 357 g/mol. The Morgan fingerprint density at radius 2 is 1.96 bits per heavy atom. The summed E-state index contributed by atoms with van der Waals surface area (Å²) in [5.74, 6) is 0.428. The molecule has 1 rings (SSSR count). The summed E-state index contributed by atoms with van der Waals surface area (Å²) in [5.41, 5.74) is 0.312. The molecule has 0 aromatic heterocycles. The van der Waals surface area contributed by atoms with Crippen molar-refractivity contribution >= 4 is 28.7 Å². The van der Waals surface area contributed by atoms with Crippen LogP contribution >= 0.6 is 12.2 Å². The first-order chi connectivity index (χ1) is 11.5. The predicted octanol–water partition coefficient (Wildman–Crippen LogP) is 2.72. The first kappa shape index (κ1) is 19.9. The maximum atomic E-state index is 11.0. The fourth-order valence-electron chi connectivity index (χ4n) is 1.91. The maximum absolute atomic E-state index is 11.0. The third kappa shape index (κ3) is 6.17. The van der Waals surface area contributed by atoms with Crippen molar-refractivity contribution in [1.82, 2.24) is 5.32 Å². The molecule has 0 heterocycles. The van der Waals surface area contributed by atoms with Gasteiger partial charge in [-0.25, -0.2) is 0 Å². The molecule has 0 aliphatic rings. The van der Waals surface area contributed by atoms with E-state index >= 15 is 0 Å². The molecule has 0 saturated carbocycles. The number of nitro groups is 1. The molecule has 0 unspecified atom stereocenters. The average molecular weight is 357 g/mol. The van der Waals surface area contributed by atoms with Crippen molar-refractivity contribution in [3.05, 3.63) is 22.2 Å². The van der Waals surface area contributed by atoms with E-state index in [0.29, 0.717) is 29.7 Å². The van der Waals surface area contributed by atoms with E-state index in [1.807, 2.05) is 0 Å². The number of nitrogens with one attached hydrogen (secondary N) is 2. The number of nitro benzene ring substituents is 1. The van der Waals surface area contributed by atoms with Gasteiger partial charge in [-0.2, -0.15) is 0 Å². The van der Waals surface area contributed by atoms with Crippen LogP contribution in [-0.4, -0.2) is 44.0 Å². The average Bonchev–Trinajstić information content (AvgIpc) is 2.57. The van der Waals surface area contributed by atoms with Crippen molar-refractivity contribution in [2.24, 2.45) is 0 Å². The van der Waals surface area contributed by atoms with Crippen molar-refractivity contribution in [3.8, 4) is 11.5 Å². The summed E-state index contributed by atoms with van der Waals surface area (Å²) in [4.78, 5) is 10.5. The molecule has 0 atom stereocenters. The molecule has 8 nitrogen and oxygen atoms in total. The van der Waals surface area contributed by atoms with Crippen molar-refractivity contribution < 1.29 is 19.1 Å². The second-order valence-corrected chi connectivity index (χ2v) is 5.24. The first-order valence-electron chi connectivity index (χ1n) is 7.56. The molecule has 2 N–H and O–H groups in total. The number of hydrogen-bond donors (Lipinski definition) is 2. The second-order valence-electron chi connectivity index (χ2n) is 4.83. The molecule has 9 heteroatoms. The summed E-state index contributed by atoms with van der Waals surface area (Å²) in [6.07, 6.45) is 1.82. The van der Waals surface area contributed by atoms with E-state index in [4.69, 9.17) is 26.4 Å². The van der Waals surface area contributed by atoms with Crippen LogP contribution in [0, 0.1) is 10.1 Å². The minimum Gasteiger partial charge on any atom is -0.494 e. The van der Waals surface area contributed by atoms with E-state index in [0.717, 1.165) is 19.4 Å². The lowest BCUT2D eigenvalue weighted by molar-refractivity contribution is -0.385. The van der Waals surface area contributed by atoms with Gasteiger partial charge in [0.25, 0.3) is 0 Å². The smallest absolute Gasteiger partial charge is 0.314 e. The quantitative estimate of drug-likeness (QED) is 0.286. The summed E-state index contributed by atoms with van der Waals surface area (Å²) in [5, 5.41) is 17.4. The fourth-order valence-corrected chi connectivity index (χ4v) is 2.12. The van der Waals surface area contributed by atoms with Crippen LogP contribution in [0.1, 0.15) is 19.8 Å². The highest BCUT2D eigenvalue weighted by atomic mass is 32.1. The zero-order valence-corrected chi connectivity index (χ0v) is 14.9. The van der Waals surface area contributed by atoms with E-state index in [2.05, 4.69) is 17.6 Å². The molecule has 0 amide bonds. The molecule has 0 saturated heterocycles. The van der Waals surface area contributed by atoms with Crippen molar-refractivity contribution in [3.63, 3.8) is 0 Å². The molecule has 0 bridgehead atoms. The summed E-state index contributed by atoms with van der Waals surface area (Å²) < 4.78 is 15.6. The minimum absolute atomic E-state index is 0.124. The molecular weight excluding hydrogens is 334 g/mol. The molecule has 0 aliphatic heterocycles. The van der Waals surface area contributed by atoms with Crippen LogP contribution < -0.4 is 20.1 Å². The number of thiocarbonyl (C=S) groups is 1. The molecular formula is C15H23N3O5S. The normalized spacial score (nSPS) is 10.1. The second kappa shape index (κ2) is 10.6. The van der Waals surface area contributed by atoms with Crippen LogP contribution in [0.25, 0.3) is 0 Å². The number of benzene rings is 1. The Kier molecular flexibility index (Phi) is 8.80. The van der Waals surface area contributed by atoms with Crippen LogP contribution in [0.2, 0.25) is 0 Å². The zero-order valence-electron chi connectivity index (χ0n) is 14.1. The SMILES string of the molecule is CCCOCCCNC(=S)Nc1cc(OC)c([N+](=O)[O-])cc1OC. The van der Waals surface area contributed by atoms with Gasteiger partial charge in [0.2, 0.25) is 0 Å². The maximum Gasteiger partial charge on any atom is 0.314 e. The lowest BCUT2D eigenvalue weighted by Crippen LogP contribution is -2.30. The van der Waals surface area contributed by atoms with Crippen LogP contribution in [0.4, 0.5) is 11.4 Å². The number of methoxy groups -OCH3 is 2. The molecule has 0 spiro atoms. The van der Waals surface area contributed by atoms with E-state index in [-0.39, 0.29) is 11.4 Å². The highest BCUT2D eigenvalue weighted by Crippen LogP contribution is 2.37. The Hall–Kier alpha value is -2.13. The molecule has 1 aromatic carbocycles. The van der Waals surface area contributed by atoms with Gasteiger partial charge in [0.1, 0.15) is 5.75 Å². The van der Waals surface area contributed by atoms with Gasteiger partial charge in [-0.3, -0.25) is 10.1 Å². The lowest BCUT2D eigenvalue weighted by Gasteiger charge is -2.14. The Morgan fingerprint density at radius 3 is 2.54 bits per heavy atom. The van der Waals surface area contributed by atoms with Gasteiger partial charge in [0, 0.05) is 25.8 Å². The summed E-state index contributed by atoms with van der Waals surface area (Å²) >= 11 is 5.22. The van der Waals surface area contributed by atoms with E-state index in [9.17, 15) is 10.1 Å². The van der Waals surface area contributed by atoms with E-state index in [1.54, 1.807) is 0 Å². The Morgan fingerprint density at radius 1 is 1.25 bits per heavy atom. The Labute approximate surface area is 146 Å². The van der Waals surface area contributed by atoms with Crippen molar-refractivity contribution in [1.29, 1.82) is 0 Å². The number of anilines is 1. The van der Waals surface area contributed by atoms with Gasteiger partial charge >= 0.3 is 5.69 Å². The summed E-state index contributed by atoms with van der Waals surface area (Å²) in [6, 6.07) is 2.78. The number of rotatable bonds is 10. The summed E-state index contributed by atoms with van der Waals surface area (Å²) in [6.45, 7) is 4.13. The van der Waals surface area contributed by atoms with E-state index < -0.39 is 4.92 Å². The van der Waals surface area contributed by atoms with Gasteiger partial charge in [0.05, 0.1) is 30.9 Å². The van der Waals surface area contributed by atoms with Crippen LogP contribution in [0.3, 0.4) is 0 Å². The minimum atomic E-state index is -0.530. The largest absolute Gasteiger partial charge is 0.494 e. The van der Waals surface area contributed by atoms with Crippen molar-refractivity contribution in [2.75, 3.05) is 39.3 Å². The number of hydrogen-bond acceptors (Lipinski definition) is 6. The molecule has 24 heavy (non-hydrogen) atoms. The fraction of sp³-hybridized carbons (Fsp3) is 0.533. The third-order valence-electron chi connectivity index (χ3n) is 3.05. The van der Waals surface area contributed by atoms with Gasteiger partial charge in [-0.15, -0.1) is 0 Å². The van der Waals surface area contributed by atoms with Gasteiger partial charge in [0.15, 0.2) is 10.9 Å². The van der Waals surface area contributed by atoms with Gasteiger partial charge in [-0.05, 0) is 25.1 Å². The Bertz CT molecular complexity index is 568. The van der Waals surface area contributed by atoms with Gasteiger partial charge < -0.3 is 24.8 Å². The molecule has 1 aromatic rings. The molecule has 0 fully saturated rings. The van der Waals surface area contributed by atoms with Crippen molar-refractivity contribution in [2.45, 2.75) is 19.8 Å². The van der Waals surface area contributed by atoms with Crippen LogP contribution in [0.15, 0.2) is 12.1 Å². The lowest BCUT2D eigenvalue weighted by atomic mass is 10.2. The van der Waals surface area contributed by atoms with Crippen LogP contribution in [-0.2, 0) is 4.74 Å². The molecule has 134 valence electrons. The van der Waals surface area contributed by atoms with E-state index in [1.165, 1.54) is 26.4 Å². The predicted molar refractivity (Wildman–Crippen MR) is 96.2 cm³/mol. The topological polar surface area (TPSA) is 94.9 Å². The zero-order chi connectivity index (χ0) is 17.9. The first-order valence-corrected chi connectivity index (χ1v) is 7.97. The molecule has 0 radical (unpaired) electrons.